The van der Waals surface area contributed by atoms with E-state index in [0.29, 0.717) is 21.4 Å². The van der Waals surface area contributed by atoms with E-state index < -0.39 is 27.6 Å². The number of thioether (sulfide) groups is 1. The monoisotopic (exact) mass is 472 g/mol. The molecule has 0 unspecified atom stereocenters. The van der Waals surface area contributed by atoms with Crippen molar-refractivity contribution in [3.8, 4) is 0 Å². The second-order valence-corrected chi connectivity index (χ2v) is 11.0. The highest BCUT2D eigenvalue weighted by Gasteiger charge is 2.49. The Kier molecular flexibility index (Phi) is 5.63. The lowest BCUT2D eigenvalue weighted by atomic mass is 10.1. The van der Waals surface area contributed by atoms with E-state index in [1.54, 1.807) is 35.2 Å². The standard InChI is InChI=1S/C19H15Cl2FN2O3S2/c20-13-4-2-1-3-11(13)7-18(25)23-19-24(12-5-6-14(21)15(22)8-12)16-9-29(26,27)10-17(16)28-19/h1-6,8,16-17H,7,9-10H2/t16-,17-/m1/s1. The van der Waals surface area contributed by atoms with Gasteiger partial charge in [-0.15, -0.1) is 0 Å². The Bertz CT molecular complexity index is 1120. The van der Waals surface area contributed by atoms with Crippen LogP contribution in [0.25, 0.3) is 0 Å². The van der Waals surface area contributed by atoms with E-state index >= 15 is 0 Å². The molecule has 0 bridgehead atoms. The third-order valence-electron chi connectivity index (χ3n) is 4.77. The molecule has 0 N–H and O–H groups in total. The van der Waals surface area contributed by atoms with Crippen molar-refractivity contribution in [3.63, 3.8) is 0 Å². The highest BCUT2D eigenvalue weighted by Crippen LogP contribution is 2.41. The number of nitrogens with zero attached hydrogens (tertiary/aromatic N) is 2. The molecule has 0 aromatic heterocycles. The minimum Gasteiger partial charge on any atom is -0.315 e. The first-order chi connectivity index (χ1) is 13.7. The van der Waals surface area contributed by atoms with Gasteiger partial charge in [0.25, 0.3) is 5.91 Å². The number of carbonyl (C=O) groups is 1. The number of aliphatic imine (C=N–C) groups is 1. The molecule has 2 heterocycles. The Morgan fingerprint density at radius 1 is 1.17 bits per heavy atom. The zero-order chi connectivity index (χ0) is 20.8. The van der Waals surface area contributed by atoms with Crippen molar-refractivity contribution in [2.45, 2.75) is 17.7 Å². The van der Waals surface area contributed by atoms with Gasteiger partial charge >= 0.3 is 0 Å². The van der Waals surface area contributed by atoms with Crippen molar-refractivity contribution in [2.75, 3.05) is 16.4 Å². The van der Waals surface area contributed by atoms with Gasteiger partial charge < -0.3 is 4.90 Å². The van der Waals surface area contributed by atoms with Gasteiger partial charge in [0, 0.05) is 16.0 Å². The highest BCUT2D eigenvalue weighted by molar-refractivity contribution is 8.16. The summed E-state index contributed by atoms with van der Waals surface area (Å²) in [6.45, 7) is 0. The van der Waals surface area contributed by atoms with E-state index in [1.807, 2.05) is 0 Å². The van der Waals surface area contributed by atoms with Crippen LogP contribution in [0.2, 0.25) is 10.0 Å². The third-order valence-corrected chi connectivity index (χ3v) is 8.65. The van der Waals surface area contributed by atoms with Crippen LogP contribution < -0.4 is 4.90 Å². The number of benzene rings is 2. The lowest BCUT2D eigenvalue weighted by Crippen LogP contribution is -2.37. The van der Waals surface area contributed by atoms with Crippen molar-refractivity contribution < 1.29 is 17.6 Å². The zero-order valence-electron chi connectivity index (χ0n) is 14.9. The quantitative estimate of drug-likeness (QED) is 0.675. The molecule has 10 heteroatoms. The summed E-state index contributed by atoms with van der Waals surface area (Å²) < 4.78 is 38.2. The van der Waals surface area contributed by atoms with Crippen LogP contribution >= 0.6 is 35.0 Å². The van der Waals surface area contributed by atoms with Gasteiger partial charge in [0.15, 0.2) is 15.0 Å². The van der Waals surface area contributed by atoms with Crippen LogP contribution in [0, 0.1) is 5.82 Å². The molecule has 2 fully saturated rings. The fourth-order valence-electron chi connectivity index (χ4n) is 3.45. The average molecular weight is 473 g/mol. The van der Waals surface area contributed by atoms with Gasteiger partial charge in [-0.05, 0) is 29.8 Å². The van der Waals surface area contributed by atoms with Gasteiger partial charge in [0.05, 0.1) is 29.0 Å². The molecule has 2 aromatic rings. The summed E-state index contributed by atoms with van der Waals surface area (Å²) in [6.07, 6.45) is 0.0141. The molecule has 4 rings (SSSR count). The van der Waals surface area contributed by atoms with E-state index in [0.717, 1.165) is 0 Å². The van der Waals surface area contributed by atoms with E-state index in [1.165, 1.54) is 23.9 Å². The largest absolute Gasteiger partial charge is 0.315 e. The van der Waals surface area contributed by atoms with Gasteiger partial charge in [0.1, 0.15) is 5.82 Å². The smallest absolute Gasteiger partial charge is 0.252 e. The maximum atomic E-state index is 14.0. The number of carbonyl (C=O) groups excluding carboxylic acids is 1. The number of hydrogen-bond donors (Lipinski definition) is 0. The van der Waals surface area contributed by atoms with Crippen molar-refractivity contribution in [2.24, 2.45) is 4.99 Å². The molecule has 0 aliphatic carbocycles. The number of anilines is 1. The molecule has 0 spiro atoms. The first-order valence-corrected chi connectivity index (χ1v) is 12.2. The molecule has 2 atom stereocenters. The lowest BCUT2D eigenvalue weighted by Gasteiger charge is -2.24. The van der Waals surface area contributed by atoms with Crippen LogP contribution in [0.4, 0.5) is 10.1 Å². The number of amides is 1. The van der Waals surface area contributed by atoms with Gasteiger partial charge in [-0.25, -0.2) is 12.8 Å². The summed E-state index contributed by atoms with van der Waals surface area (Å²) in [6, 6.07) is 10.8. The van der Waals surface area contributed by atoms with E-state index in [4.69, 9.17) is 23.2 Å². The molecule has 0 saturated carbocycles. The molecule has 2 aliphatic rings. The second-order valence-electron chi connectivity index (χ2n) is 6.83. The predicted octanol–water partition coefficient (Wildman–Crippen LogP) is 3.98. The topological polar surface area (TPSA) is 66.8 Å². The fraction of sp³-hybridized carbons (Fsp3) is 0.263. The number of fused-ring (bicyclic) bond motifs is 1. The van der Waals surface area contributed by atoms with Crippen molar-refractivity contribution in [1.29, 1.82) is 0 Å². The van der Waals surface area contributed by atoms with Crippen LogP contribution in [-0.2, 0) is 21.1 Å². The first-order valence-electron chi connectivity index (χ1n) is 8.70. The van der Waals surface area contributed by atoms with Crippen molar-refractivity contribution >= 4 is 61.6 Å². The zero-order valence-corrected chi connectivity index (χ0v) is 18.0. The van der Waals surface area contributed by atoms with E-state index in [-0.39, 0.29) is 28.2 Å². The summed E-state index contributed by atoms with van der Waals surface area (Å²) in [7, 11) is -3.21. The summed E-state index contributed by atoms with van der Waals surface area (Å²) in [4.78, 5) is 18.4. The van der Waals surface area contributed by atoms with Crippen LogP contribution in [0.3, 0.4) is 0 Å². The minimum absolute atomic E-state index is 0.00731. The average Bonchev–Trinajstić information content (AvgIpc) is 3.10. The molecule has 5 nitrogen and oxygen atoms in total. The molecule has 0 radical (unpaired) electrons. The SMILES string of the molecule is O=C(Cc1ccccc1Cl)N=C1S[C@@H]2CS(=O)(=O)C[C@H]2N1c1ccc(Cl)c(F)c1. The molecule has 2 saturated heterocycles. The first kappa shape index (κ1) is 20.7. The Labute approximate surface area is 181 Å². The second kappa shape index (κ2) is 7.91. The summed E-state index contributed by atoms with van der Waals surface area (Å²) in [5.74, 6) is -1.12. The van der Waals surface area contributed by atoms with Crippen LogP contribution in [0.5, 0.6) is 0 Å². The predicted molar refractivity (Wildman–Crippen MR) is 115 cm³/mol. The normalized spacial score (nSPS) is 24.1. The Morgan fingerprint density at radius 2 is 1.93 bits per heavy atom. The van der Waals surface area contributed by atoms with Gasteiger partial charge in [-0.3, -0.25) is 4.79 Å². The summed E-state index contributed by atoms with van der Waals surface area (Å²) in [5, 5.41) is 0.517. The van der Waals surface area contributed by atoms with Gasteiger partial charge in [-0.2, -0.15) is 4.99 Å². The molecule has 2 aliphatic heterocycles. The number of rotatable bonds is 3. The van der Waals surface area contributed by atoms with Crippen LogP contribution in [0.1, 0.15) is 5.56 Å². The Balaban J connectivity index is 1.67. The third kappa shape index (κ3) is 4.30. The van der Waals surface area contributed by atoms with Crippen molar-refractivity contribution in [3.05, 3.63) is 63.9 Å². The number of hydrogen-bond acceptors (Lipinski definition) is 4. The minimum atomic E-state index is -3.21. The molecule has 29 heavy (non-hydrogen) atoms. The Morgan fingerprint density at radius 3 is 2.66 bits per heavy atom. The molecular formula is C19H15Cl2FN2O3S2. The Hall–Kier alpha value is -1.61. The van der Waals surface area contributed by atoms with Gasteiger partial charge in [0.2, 0.25) is 0 Å². The summed E-state index contributed by atoms with van der Waals surface area (Å²) in [5.41, 5.74) is 1.06. The van der Waals surface area contributed by atoms with E-state index in [2.05, 4.69) is 4.99 Å². The molecule has 1 amide bonds. The molecular weight excluding hydrogens is 458 g/mol. The highest BCUT2D eigenvalue weighted by atomic mass is 35.5. The lowest BCUT2D eigenvalue weighted by molar-refractivity contribution is -0.117. The van der Waals surface area contributed by atoms with Gasteiger partial charge in [-0.1, -0.05) is 53.2 Å². The van der Waals surface area contributed by atoms with Crippen LogP contribution in [0.15, 0.2) is 47.5 Å². The van der Waals surface area contributed by atoms with Crippen LogP contribution in [-0.4, -0.2) is 42.3 Å². The maximum Gasteiger partial charge on any atom is 0.252 e. The number of sulfone groups is 1. The van der Waals surface area contributed by atoms with Crippen molar-refractivity contribution in [1.82, 2.24) is 0 Å². The maximum absolute atomic E-state index is 14.0. The number of halogens is 3. The summed E-state index contributed by atoms with van der Waals surface area (Å²) >= 11 is 13.1. The molecule has 152 valence electrons. The molecule has 2 aromatic carbocycles. The van der Waals surface area contributed by atoms with E-state index in [9.17, 15) is 17.6 Å². The number of amidine groups is 1. The fourth-order valence-corrected chi connectivity index (χ4v) is 7.70.